The second-order valence-electron chi connectivity index (χ2n) is 8.23. The van der Waals surface area contributed by atoms with E-state index in [4.69, 9.17) is 11.6 Å². The number of carbonyl (C=O) groups excluding carboxylic acids is 1. The number of hydrogen-bond acceptors (Lipinski definition) is 4. The lowest BCUT2D eigenvalue weighted by Crippen LogP contribution is -2.31. The minimum absolute atomic E-state index is 0.0679. The summed E-state index contributed by atoms with van der Waals surface area (Å²) in [5.74, 6) is 0.182. The van der Waals surface area contributed by atoms with Crippen LogP contribution in [0.4, 0.5) is 4.39 Å². The highest BCUT2D eigenvalue weighted by Crippen LogP contribution is 2.44. The van der Waals surface area contributed by atoms with Gasteiger partial charge in [0.25, 0.3) is 0 Å². The zero-order chi connectivity index (χ0) is 18.9. The standard InChI is InChI=1S/C19H24ClFN4O/c1-19(2)7-12(5-15-14(21)9-22-18(20)24-15)4-13(8-19)6-17(26)16-10-25(3)11-23-16/h9-13H,4-8H2,1-3H3. The van der Waals surface area contributed by atoms with Gasteiger partial charge in [-0.3, -0.25) is 4.79 Å². The molecule has 0 spiro atoms. The number of aryl methyl sites for hydroxylation is 1. The lowest BCUT2D eigenvalue weighted by atomic mass is 9.65. The molecule has 1 aliphatic rings. The predicted molar refractivity (Wildman–Crippen MR) is 97.5 cm³/mol. The SMILES string of the molecule is Cn1cnc(C(=O)CC2CC(Cc3nc(Cl)ncc3F)CC(C)(C)C2)c1. The monoisotopic (exact) mass is 378 g/mol. The fourth-order valence-corrected chi connectivity index (χ4v) is 4.46. The summed E-state index contributed by atoms with van der Waals surface area (Å²) in [6.45, 7) is 4.42. The van der Waals surface area contributed by atoms with Gasteiger partial charge in [0, 0.05) is 19.7 Å². The number of nitrogens with zero attached hydrogens (tertiary/aromatic N) is 4. The van der Waals surface area contributed by atoms with Crippen molar-refractivity contribution in [3.8, 4) is 0 Å². The minimum Gasteiger partial charge on any atom is -0.340 e. The van der Waals surface area contributed by atoms with Crippen LogP contribution in [0.25, 0.3) is 0 Å². The van der Waals surface area contributed by atoms with Crippen LogP contribution in [-0.4, -0.2) is 25.3 Å². The van der Waals surface area contributed by atoms with Gasteiger partial charge in [0.05, 0.1) is 18.2 Å². The normalized spacial score (nSPS) is 22.3. The van der Waals surface area contributed by atoms with Gasteiger partial charge < -0.3 is 4.57 Å². The van der Waals surface area contributed by atoms with Gasteiger partial charge in [-0.05, 0) is 54.5 Å². The molecule has 2 heterocycles. The zero-order valence-electron chi connectivity index (χ0n) is 15.4. The van der Waals surface area contributed by atoms with Crippen molar-refractivity contribution in [2.75, 3.05) is 0 Å². The average Bonchev–Trinajstić information content (AvgIpc) is 2.96. The fraction of sp³-hybridized carbons (Fsp3) is 0.579. The topological polar surface area (TPSA) is 60.7 Å². The maximum Gasteiger partial charge on any atom is 0.222 e. The van der Waals surface area contributed by atoms with Crippen LogP contribution in [0.15, 0.2) is 18.7 Å². The van der Waals surface area contributed by atoms with E-state index in [1.807, 2.05) is 7.05 Å². The molecule has 0 radical (unpaired) electrons. The van der Waals surface area contributed by atoms with Crippen LogP contribution in [0.1, 0.15) is 55.7 Å². The Balaban J connectivity index is 1.70. The third-order valence-electron chi connectivity index (χ3n) is 5.08. The molecular formula is C19H24ClFN4O. The molecule has 1 fully saturated rings. The maximum atomic E-state index is 14.0. The van der Waals surface area contributed by atoms with Crippen molar-refractivity contribution < 1.29 is 9.18 Å². The van der Waals surface area contributed by atoms with Gasteiger partial charge in [-0.15, -0.1) is 0 Å². The summed E-state index contributed by atoms with van der Waals surface area (Å²) in [6, 6.07) is 0. The van der Waals surface area contributed by atoms with Crippen LogP contribution in [0, 0.1) is 23.1 Å². The number of imidazole rings is 1. The molecule has 0 N–H and O–H groups in total. The Labute approximate surface area is 158 Å². The molecule has 0 bridgehead atoms. The molecule has 5 nitrogen and oxygen atoms in total. The third-order valence-corrected chi connectivity index (χ3v) is 5.27. The minimum atomic E-state index is -0.418. The van der Waals surface area contributed by atoms with Crippen LogP contribution in [0.3, 0.4) is 0 Å². The number of rotatable bonds is 5. The molecule has 2 unspecified atom stereocenters. The first-order valence-electron chi connectivity index (χ1n) is 8.90. The Morgan fingerprint density at radius 3 is 2.77 bits per heavy atom. The van der Waals surface area contributed by atoms with E-state index in [0.29, 0.717) is 24.2 Å². The molecule has 3 rings (SSSR count). The van der Waals surface area contributed by atoms with Crippen LogP contribution in [0.5, 0.6) is 0 Å². The summed E-state index contributed by atoms with van der Waals surface area (Å²) in [5.41, 5.74) is 0.981. The van der Waals surface area contributed by atoms with E-state index in [-0.39, 0.29) is 28.3 Å². The first-order chi connectivity index (χ1) is 12.2. The molecule has 0 amide bonds. The maximum absolute atomic E-state index is 14.0. The van der Waals surface area contributed by atoms with Crippen LogP contribution < -0.4 is 0 Å². The highest BCUT2D eigenvalue weighted by Gasteiger charge is 2.35. The Hall–Kier alpha value is -1.82. The Bertz CT molecular complexity index is 805. The summed E-state index contributed by atoms with van der Waals surface area (Å²) in [7, 11) is 1.85. The van der Waals surface area contributed by atoms with E-state index >= 15 is 0 Å². The van der Waals surface area contributed by atoms with E-state index in [2.05, 4.69) is 28.8 Å². The van der Waals surface area contributed by atoms with Gasteiger partial charge in [0.15, 0.2) is 11.6 Å². The van der Waals surface area contributed by atoms with Gasteiger partial charge in [0.1, 0.15) is 5.69 Å². The van der Waals surface area contributed by atoms with E-state index in [0.717, 1.165) is 25.5 Å². The molecule has 0 aliphatic heterocycles. The largest absolute Gasteiger partial charge is 0.340 e. The summed E-state index contributed by atoms with van der Waals surface area (Å²) in [6.07, 6.45) is 8.35. The Morgan fingerprint density at radius 2 is 2.08 bits per heavy atom. The first kappa shape index (κ1) is 19.0. The van der Waals surface area contributed by atoms with Crippen LogP contribution in [-0.2, 0) is 13.5 Å². The predicted octanol–water partition coefficient (Wildman–Crippen LogP) is 4.26. The first-order valence-corrected chi connectivity index (χ1v) is 9.28. The number of aromatic nitrogens is 4. The molecule has 0 aromatic carbocycles. The molecule has 2 atom stereocenters. The van der Waals surface area contributed by atoms with E-state index in [1.165, 1.54) is 0 Å². The molecule has 140 valence electrons. The lowest BCUT2D eigenvalue weighted by Gasteiger charge is -2.40. The van der Waals surface area contributed by atoms with Gasteiger partial charge in [-0.1, -0.05) is 13.8 Å². The summed E-state index contributed by atoms with van der Waals surface area (Å²) >= 11 is 5.82. The van der Waals surface area contributed by atoms with Crippen molar-refractivity contribution in [3.63, 3.8) is 0 Å². The number of ketones is 1. The highest BCUT2D eigenvalue weighted by atomic mass is 35.5. The fourth-order valence-electron chi connectivity index (χ4n) is 4.31. The summed E-state index contributed by atoms with van der Waals surface area (Å²) < 4.78 is 15.8. The lowest BCUT2D eigenvalue weighted by molar-refractivity contribution is 0.0842. The molecule has 7 heteroatoms. The summed E-state index contributed by atoms with van der Waals surface area (Å²) in [4.78, 5) is 24.4. The van der Waals surface area contributed by atoms with Crippen LogP contribution in [0.2, 0.25) is 5.28 Å². The number of carbonyl (C=O) groups is 1. The van der Waals surface area contributed by atoms with Crippen molar-refractivity contribution in [2.24, 2.45) is 24.3 Å². The van der Waals surface area contributed by atoms with Crippen molar-refractivity contribution >= 4 is 17.4 Å². The summed E-state index contributed by atoms with van der Waals surface area (Å²) in [5, 5.41) is 0.0679. The number of Topliss-reactive ketones (excluding diaryl/α,β-unsaturated/α-hetero) is 1. The highest BCUT2D eigenvalue weighted by molar-refractivity contribution is 6.28. The molecule has 2 aromatic heterocycles. The Kier molecular flexibility index (Phi) is 5.42. The second-order valence-corrected chi connectivity index (χ2v) is 8.57. The number of hydrogen-bond donors (Lipinski definition) is 0. The van der Waals surface area contributed by atoms with E-state index in [9.17, 15) is 9.18 Å². The van der Waals surface area contributed by atoms with Crippen molar-refractivity contribution in [1.29, 1.82) is 0 Å². The molecule has 1 aliphatic carbocycles. The van der Waals surface area contributed by atoms with E-state index in [1.54, 1.807) is 17.1 Å². The molecule has 1 saturated carbocycles. The van der Waals surface area contributed by atoms with Gasteiger partial charge in [-0.2, -0.15) is 0 Å². The van der Waals surface area contributed by atoms with Gasteiger partial charge >= 0.3 is 0 Å². The Morgan fingerprint density at radius 1 is 1.35 bits per heavy atom. The second kappa shape index (κ2) is 7.43. The van der Waals surface area contributed by atoms with Crippen molar-refractivity contribution in [2.45, 2.75) is 46.0 Å². The van der Waals surface area contributed by atoms with Gasteiger partial charge in [0.2, 0.25) is 5.28 Å². The van der Waals surface area contributed by atoms with Crippen molar-refractivity contribution in [3.05, 3.63) is 41.2 Å². The molecule has 2 aromatic rings. The quantitative estimate of drug-likeness (QED) is 0.576. The van der Waals surface area contributed by atoms with Crippen molar-refractivity contribution in [1.82, 2.24) is 19.5 Å². The smallest absolute Gasteiger partial charge is 0.222 e. The van der Waals surface area contributed by atoms with Gasteiger partial charge in [-0.25, -0.2) is 19.3 Å². The molecule has 26 heavy (non-hydrogen) atoms. The van der Waals surface area contributed by atoms with E-state index < -0.39 is 5.82 Å². The number of halogens is 2. The van der Waals surface area contributed by atoms with Crippen LogP contribution >= 0.6 is 11.6 Å². The molecular weight excluding hydrogens is 355 g/mol. The molecule has 0 saturated heterocycles. The average molecular weight is 379 g/mol. The zero-order valence-corrected chi connectivity index (χ0v) is 16.1. The third kappa shape index (κ3) is 4.67.